The van der Waals surface area contributed by atoms with Crippen molar-refractivity contribution in [2.24, 2.45) is 0 Å². The van der Waals surface area contributed by atoms with Gasteiger partial charge in [0.2, 0.25) is 0 Å². The molecule has 1 unspecified atom stereocenters. The summed E-state index contributed by atoms with van der Waals surface area (Å²) in [6.45, 7) is 2.02. The van der Waals surface area contributed by atoms with Crippen LogP contribution >= 0.6 is 0 Å². The highest BCUT2D eigenvalue weighted by molar-refractivity contribution is 5.77. The van der Waals surface area contributed by atoms with Crippen LogP contribution in [0.4, 0.5) is 4.39 Å². The van der Waals surface area contributed by atoms with Crippen LogP contribution in [0.15, 0.2) is 36.4 Å². The van der Waals surface area contributed by atoms with Gasteiger partial charge in [0.1, 0.15) is 17.3 Å². The number of nitrogens with one attached hydrogen (secondary N) is 1. The van der Waals surface area contributed by atoms with Gasteiger partial charge in [-0.3, -0.25) is 0 Å². The lowest BCUT2D eigenvalue weighted by Gasteiger charge is -2.16. The summed E-state index contributed by atoms with van der Waals surface area (Å²) in [6, 6.07) is 10.6. The maximum Gasteiger partial charge on any atom is 0.131 e. The number of hydrogen-bond acceptors (Lipinski definition) is 3. The molecule has 0 fully saturated rings. The minimum atomic E-state index is -0.301. The summed E-state index contributed by atoms with van der Waals surface area (Å²) in [5.41, 5.74) is 2.11. The smallest absolute Gasteiger partial charge is 0.131 e. The first-order chi connectivity index (χ1) is 10.1. The Labute approximate surface area is 124 Å². The predicted octanol–water partition coefficient (Wildman–Crippen LogP) is 3.79. The normalized spacial score (nSPS) is 12.0. The van der Waals surface area contributed by atoms with Crippen LogP contribution in [0, 0.1) is 5.82 Å². The van der Waals surface area contributed by atoms with Gasteiger partial charge in [-0.15, -0.1) is 0 Å². The molecule has 0 aliphatic heterocycles. The molecule has 112 valence electrons. The van der Waals surface area contributed by atoms with Crippen LogP contribution in [0.2, 0.25) is 0 Å². The molecule has 0 bridgehead atoms. The van der Waals surface area contributed by atoms with E-state index in [0.29, 0.717) is 22.6 Å². The molecule has 3 nitrogen and oxygen atoms in total. The van der Waals surface area contributed by atoms with Crippen molar-refractivity contribution in [1.29, 1.82) is 0 Å². The fraction of sp³-hybridized carbons (Fsp3) is 0.294. The van der Waals surface area contributed by atoms with Crippen molar-refractivity contribution in [3.05, 3.63) is 47.8 Å². The van der Waals surface area contributed by atoms with Gasteiger partial charge in [-0.05, 0) is 43.8 Å². The summed E-state index contributed by atoms with van der Waals surface area (Å²) in [5.74, 6) is 0.870. The highest BCUT2D eigenvalue weighted by Gasteiger charge is 2.17. The minimum Gasteiger partial charge on any atom is -0.496 e. The summed E-state index contributed by atoms with van der Waals surface area (Å²) in [5, 5.41) is 3.15. The monoisotopic (exact) mass is 289 g/mol. The zero-order valence-corrected chi connectivity index (χ0v) is 12.7. The summed E-state index contributed by atoms with van der Waals surface area (Å²) in [6.07, 6.45) is 0. The van der Waals surface area contributed by atoms with Crippen LogP contribution in [0.1, 0.15) is 18.5 Å². The van der Waals surface area contributed by atoms with Crippen LogP contribution in [-0.4, -0.2) is 21.3 Å². The molecule has 0 spiro atoms. The van der Waals surface area contributed by atoms with E-state index in [9.17, 15) is 4.39 Å². The van der Waals surface area contributed by atoms with E-state index in [0.717, 1.165) is 5.56 Å². The van der Waals surface area contributed by atoms with Crippen molar-refractivity contribution < 1.29 is 13.9 Å². The van der Waals surface area contributed by atoms with Gasteiger partial charge in [-0.2, -0.15) is 0 Å². The van der Waals surface area contributed by atoms with Gasteiger partial charge in [0, 0.05) is 11.6 Å². The van der Waals surface area contributed by atoms with E-state index in [1.165, 1.54) is 6.07 Å². The van der Waals surface area contributed by atoms with E-state index in [1.54, 1.807) is 32.4 Å². The van der Waals surface area contributed by atoms with E-state index in [2.05, 4.69) is 5.32 Å². The van der Waals surface area contributed by atoms with Crippen LogP contribution in [0.25, 0.3) is 11.1 Å². The van der Waals surface area contributed by atoms with Gasteiger partial charge < -0.3 is 14.8 Å². The van der Waals surface area contributed by atoms with Crippen LogP contribution in [0.5, 0.6) is 11.5 Å². The number of rotatable bonds is 5. The van der Waals surface area contributed by atoms with E-state index >= 15 is 0 Å². The highest BCUT2D eigenvalue weighted by Crippen LogP contribution is 2.40. The topological polar surface area (TPSA) is 30.5 Å². The molecule has 0 saturated heterocycles. The number of benzene rings is 2. The molecule has 21 heavy (non-hydrogen) atoms. The maximum atomic E-state index is 14.3. The predicted molar refractivity (Wildman–Crippen MR) is 82.4 cm³/mol. The zero-order valence-electron chi connectivity index (χ0n) is 12.7. The lowest BCUT2D eigenvalue weighted by atomic mass is 9.98. The van der Waals surface area contributed by atoms with Crippen molar-refractivity contribution in [2.45, 2.75) is 13.0 Å². The van der Waals surface area contributed by atoms with E-state index < -0.39 is 0 Å². The third-order valence-electron chi connectivity index (χ3n) is 3.62. The van der Waals surface area contributed by atoms with E-state index in [-0.39, 0.29) is 11.9 Å². The van der Waals surface area contributed by atoms with Crippen molar-refractivity contribution >= 4 is 0 Å². The van der Waals surface area contributed by atoms with Gasteiger partial charge >= 0.3 is 0 Å². The fourth-order valence-corrected chi connectivity index (χ4v) is 2.29. The van der Waals surface area contributed by atoms with Crippen molar-refractivity contribution in [2.75, 3.05) is 21.3 Å². The molecule has 0 radical (unpaired) electrons. The van der Waals surface area contributed by atoms with Gasteiger partial charge in [-0.1, -0.05) is 12.1 Å². The Balaban J connectivity index is 2.66. The van der Waals surface area contributed by atoms with Gasteiger partial charge in [-0.25, -0.2) is 4.39 Å². The Bertz CT molecular complexity index is 606. The third-order valence-corrected chi connectivity index (χ3v) is 3.62. The molecule has 0 aromatic heterocycles. The van der Waals surface area contributed by atoms with Crippen molar-refractivity contribution in [3.63, 3.8) is 0 Å². The molecular formula is C17H20FNO2. The van der Waals surface area contributed by atoms with E-state index in [1.807, 2.05) is 26.1 Å². The first-order valence-corrected chi connectivity index (χ1v) is 6.80. The molecule has 0 aliphatic carbocycles. The summed E-state index contributed by atoms with van der Waals surface area (Å²) in [4.78, 5) is 0. The Hall–Kier alpha value is -2.07. The number of methoxy groups -OCH3 is 2. The average Bonchev–Trinajstić information content (AvgIpc) is 2.53. The summed E-state index contributed by atoms with van der Waals surface area (Å²) in [7, 11) is 5.00. The molecule has 0 aliphatic rings. The fourth-order valence-electron chi connectivity index (χ4n) is 2.29. The average molecular weight is 289 g/mol. The van der Waals surface area contributed by atoms with E-state index in [4.69, 9.17) is 9.47 Å². The second kappa shape index (κ2) is 6.59. The lowest BCUT2D eigenvalue weighted by molar-refractivity contribution is 0.397. The molecule has 0 saturated carbocycles. The number of ether oxygens (including phenoxy) is 2. The number of halogens is 1. The van der Waals surface area contributed by atoms with Crippen LogP contribution in [-0.2, 0) is 0 Å². The first-order valence-electron chi connectivity index (χ1n) is 6.80. The largest absolute Gasteiger partial charge is 0.496 e. The number of hydrogen-bond donors (Lipinski definition) is 1. The Morgan fingerprint density at radius 3 is 2.19 bits per heavy atom. The molecule has 4 heteroatoms. The maximum absolute atomic E-state index is 14.3. The van der Waals surface area contributed by atoms with Crippen molar-refractivity contribution in [3.8, 4) is 22.6 Å². The SMILES string of the molecule is CNC(C)c1ccc(F)c(-c2c(OC)cccc2OC)c1. The molecule has 0 heterocycles. The summed E-state index contributed by atoms with van der Waals surface area (Å²) < 4.78 is 25.0. The van der Waals surface area contributed by atoms with Gasteiger partial charge in [0.25, 0.3) is 0 Å². The molecule has 2 aromatic carbocycles. The van der Waals surface area contributed by atoms with Crippen LogP contribution in [0.3, 0.4) is 0 Å². The second-order valence-corrected chi connectivity index (χ2v) is 4.79. The van der Waals surface area contributed by atoms with Gasteiger partial charge in [0.15, 0.2) is 0 Å². The quantitative estimate of drug-likeness (QED) is 0.908. The third kappa shape index (κ3) is 3.00. The Morgan fingerprint density at radius 2 is 1.67 bits per heavy atom. The molecular weight excluding hydrogens is 269 g/mol. The van der Waals surface area contributed by atoms with Crippen LogP contribution < -0.4 is 14.8 Å². The lowest BCUT2D eigenvalue weighted by Crippen LogP contribution is -2.12. The summed E-state index contributed by atoms with van der Waals surface area (Å²) >= 11 is 0. The Kier molecular flexibility index (Phi) is 4.81. The van der Waals surface area contributed by atoms with Gasteiger partial charge in [0.05, 0.1) is 19.8 Å². The van der Waals surface area contributed by atoms with Crippen molar-refractivity contribution in [1.82, 2.24) is 5.32 Å². The second-order valence-electron chi connectivity index (χ2n) is 4.79. The molecule has 2 aromatic rings. The highest BCUT2D eigenvalue weighted by atomic mass is 19.1. The first kappa shape index (κ1) is 15.3. The molecule has 0 amide bonds. The molecule has 2 rings (SSSR count). The standard InChI is InChI=1S/C17H20FNO2/c1-11(19-2)12-8-9-14(18)13(10-12)17-15(20-3)6-5-7-16(17)21-4/h5-11,19H,1-4H3. The Morgan fingerprint density at radius 1 is 1.05 bits per heavy atom. The zero-order chi connectivity index (χ0) is 15.4. The molecule has 1 atom stereocenters. The minimum absolute atomic E-state index is 0.130. The molecule has 1 N–H and O–H groups in total.